The Morgan fingerprint density at radius 2 is 1.74 bits per heavy atom. The second-order valence-corrected chi connectivity index (χ2v) is 10.6. The standard InChI is InChI=1S/C23H27Cl2N3O6S/c1-4-19(23(30)26-2)27(13-15-5-7-17(24)18(25)11-15)22(29)14-28(35(3,31)32)16-6-8-20-21(12-16)34-10-9-33-20/h5-8,11-12,19H,4,9-10,13-14H2,1-3H3,(H,26,30)/t19-/m0/s1. The van der Waals surface area contributed by atoms with Crippen LogP contribution < -0.4 is 19.1 Å². The van der Waals surface area contributed by atoms with Crippen molar-refractivity contribution < 1.29 is 27.5 Å². The SMILES string of the molecule is CC[C@@H](C(=O)NC)N(Cc1ccc(Cl)c(Cl)c1)C(=O)CN(c1ccc2c(c1)OCCO2)S(C)(=O)=O. The maximum Gasteiger partial charge on any atom is 0.244 e. The summed E-state index contributed by atoms with van der Waals surface area (Å²) in [6.45, 7) is 2.00. The smallest absolute Gasteiger partial charge is 0.244 e. The van der Waals surface area contributed by atoms with Crippen molar-refractivity contribution in [1.82, 2.24) is 10.2 Å². The summed E-state index contributed by atoms with van der Waals surface area (Å²) in [4.78, 5) is 27.5. The molecule has 3 rings (SSSR count). The van der Waals surface area contributed by atoms with E-state index in [1.54, 1.807) is 37.3 Å². The molecular weight excluding hydrogens is 517 g/mol. The van der Waals surface area contributed by atoms with E-state index >= 15 is 0 Å². The normalized spacial score (nSPS) is 13.6. The number of hydrogen-bond donors (Lipinski definition) is 1. The first kappa shape index (κ1) is 26.9. The molecule has 1 N–H and O–H groups in total. The number of ether oxygens (including phenoxy) is 2. The zero-order chi connectivity index (χ0) is 25.8. The molecule has 190 valence electrons. The second-order valence-electron chi connectivity index (χ2n) is 7.91. The lowest BCUT2D eigenvalue weighted by atomic mass is 10.1. The van der Waals surface area contributed by atoms with Crippen LogP contribution in [0.3, 0.4) is 0 Å². The maximum absolute atomic E-state index is 13.6. The average molecular weight is 544 g/mol. The van der Waals surface area contributed by atoms with E-state index in [0.29, 0.717) is 46.7 Å². The third-order valence-corrected chi connectivity index (χ3v) is 7.34. The Bertz CT molecular complexity index is 1210. The van der Waals surface area contributed by atoms with Crippen molar-refractivity contribution in [2.24, 2.45) is 0 Å². The van der Waals surface area contributed by atoms with E-state index in [9.17, 15) is 18.0 Å². The fourth-order valence-corrected chi connectivity index (χ4v) is 4.88. The summed E-state index contributed by atoms with van der Waals surface area (Å²) in [6, 6.07) is 8.73. The molecule has 0 fully saturated rings. The molecule has 0 aliphatic carbocycles. The first-order valence-electron chi connectivity index (χ1n) is 10.9. The summed E-state index contributed by atoms with van der Waals surface area (Å²) >= 11 is 12.1. The molecule has 1 atom stereocenters. The lowest BCUT2D eigenvalue weighted by Gasteiger charge is -2.32. The van der Waals surface area contributed by atoms with Crippen molar-refractivity contribution in [2.75, 3.05) is 37.4 Å². The van der Waals surface area contributed by atoms with Gasteiger partial charge in [0.15, 0.2) is 11.5 Å². The van der Waals surface area contributed by atoms with Gasteiger partial charge >= 0.3 is 0 Å². The number of carbonyl (C=O) groups is 2. The van der Waals surface area contributed by atoms with Crippen molar-refractivity contribution in [3.8, 4) is 11.5 Å². The largest absolute Gasteiger partial charge is 0.486 e. The fourth-order valence-electron chi connectivity index (χ4n) is 3.72. The van der Waals surface area contributed by atoms with E-state index in [-0.39, 0.29) is 18.1 Å². The lowest BCUT2D eigenvalue weighted by Crippen LogP contribution is -2.51. The highest BCUT2D eigenvalue weighted by Gasteiger charge is 2.32. The Balaban J connectivity index is 1.96. The minimum Gasteiger partial charge on any atom is -0.486 e. The highest BCUT2D eigenvalue weighted by atomic mass is 35.5. The molecular formula is C23H27Cl2N3O6S. The third-order valence-electron chi connectivity index (χ3n) is 5.46. The zero-order valence-corrected chi connectivity index (χ0v) is 21.9. The Hall–Kier alpha value is -2.69. The van der Waals surface area contributed by atoms with Gasteiger partial charge in [0.2, 0.25) is 21.8 Å². The minimum absolute atomic E-state index is 0.0282. The first-order chi connectivity index (χ1) is 16.5. The van der Waals surface area contributed by atoms with Gasteiger partial charge in [-0.1, -0.05) is 36.2 Å². The highest BCUT2D eigenvalue weighted by Crippen LogP contribution is 2.35. The minimum atomic E-state index is -3.87. The zero-order valence-electron chi connectivity index (χ0n) is 19.6. The molecule has 1 aliphatic rings. The van der Waals surface area contributed by atoms with Crippen molar-refractivity contribution in [2.45, 2.75) is 25.9 Å². The Morgan fingerprint density at radius 3 is 2.34 bits per heavy atom. The molecule has 12 heteroatoms. The van der Waals surface area contributed by atoms with Crippen LogP contribution in [-0.2, 0) is 26.2 Å². The van der Waals surface area contributed by atoms with E-state index in [0.717, 1.165) is 10.6 Å². The number of halogens is 2. The van der Waals surface area contributed by atoms with Crippen LogP contribution in [0.5, 0.6) is 11.5 Å². The predicted octanol–water partition coefficient (Wildman–Crippen LogP) is 3.08. The van der Waals surface area contributed by atoms with Crippen LogP contribution in [0.1, 0.15) is 18.9 Å². The van der Waals surface area contributed by atoms with Gasteiger partial charge < -0.3 is 19.7 Å². The van der Waals surface area contributed by atoms with E-state index in [4.69, 9.17) is 32.7 Å². The number of hydrogen-bond acceptors (Lipinski definition) is 6. The van der Waals surface area contributed by atoms with Gasteiger partial charge in [0.25, 0.3) is 0 Å². The van der Waals surface area contributed by atoms with E-state index in [1.807, 2.05) is 0 Å². The molecule has 2 amide bonds. The number of anilines is 1. The number of likely N-dealkylation sites (N-methyl/N-ethyl adjacent to an activating group) is 1. The van der Waals surface area contributed by atoms with Crippen LogP contribution in [0.15, 0.2) is 36.4 Å². The lowest BCUT2D eigenvalue weighted by molar-refractivity contribution is -0.140. The quantitative estimate of drug-likeness (QED) is 0.521. The van der Waals surface area contributed by atoms with Crippen LogP contribution in [0, 0.1) is 0 Å². The molecule has 2 aromatic carbocycles. The van der Waals surface area contributed by atoms with E-state index in [1.165, 1.54) is 18.0 Å². The van der Waals surface area contributed by atoms with Crippen LogP contribution in [-0.4, -0.2) is 64.2 Å². The number of sulfonamides is 1. The second kappa shape index (κ2) is 11.4. The van der Waals surface area contributed by atoms with Gasteiger partial charge in [-0.15, -0.1) is 0 Å². The van der Waals surface area contributed by atoms with Gasteiger partial charge in [0.1, 0.15) is 25.8 Å². The molecule has 1 heterocycles. The predicted molar refractivity (Wildman–Crippen MR) is 135 cm³/mol. The molecule has 0 saturated heterocycles. The average Bonchev–Trinajstić information content (AvgIpc) is 2.83. The van der Waals surface area contributed by atoms with Crippen LogP contribution in [0.25, 0.3) is 0 Å². The molecule has 9 nitrogen and oxygen atoms in total. The molecule has 0 bridgehead atoms. The Labute approximate surface area is 214 Å². The molecule has 2 aromatic rings. The summed E-state index contributed by atoms with van der Waals surface area (Å²) in [6.07, 6.45) is 1.33. The number of fused-ring (bicyclic) bond motifs is 1. The molecule has 0 aromatic heterocycles. The van der Waals surface area contributed by atoms with Crippen LogP contribution >= 0.6 is 23.2 Å². The van der Waals surface area contributed by atoms with E-state index in [2.05, 4.69) is 5.32 Å². The molecule has 35 heavy (non-hydrogen) atoms. The van der Waals surface area contributed by atoms with Gasteiger partial charge in [-0.25, -0.2) is 8.42 Å². The van der Waals surface area contributed by atoms with Gasteiger partial charge in [0, 0.05) is 19.7 Å². The summed E-state index contributed by atoms with van der Waals surface area (Å²) in [5.41, 5.74) is 0.882. The number of carbonyl (C=O) groups excluding carboxylic acids is 2. The summed E-state index contributed by atoms with van der Waals surface area (Å²) in [5.74, 6) is -0.0519. The number of nitrogens with one attached hydrogen (secondary N) is 1. The first-order valence-corrected chi connectivity index (χ1v) is 13.5. The Kier molecular flexibility index (Phi) is 8.74. The van der Waals surface area contributed by atoms with Crippen molar-refractivity contribution in [3.05, 3.63) is 52.0 Å². The number of nitrogens with zero attached hydrogens (tertiary/aromatic N) is 2. The van der Waals surface area contributed by atoms with Gasteiger partial charge in [-0.2, -0.15) is 0 Å². The fraction of sp³-hybridized carbons (Fsp3) is 0.391. The topological polar surface area (TPSA) is 105 Å². The monoisotopic (exact) mass is 543 g/mol. The molecule has 0 spiro atoms. The van der Waals surface area contributed by atoms with Gasteiger partial charge in [-0.3, -0.25) is 13.9 Å². The molecule has 1 aliphatic heterocycles. The van der Waals surface area contributed by atoms with Crippen LogP contribution in [0.4, 0.5) is 5.69 Å². The third kappa shape index (κ3) is 6.50. The van der Waals surface area contributed by atoms with Crippen LogP contribution in [0.2, 0.25) is 10.0 Å². The van der Waals surface area contributed by atoms with Crippen molar-refractivity contribution >= 4 is 50.7 Å². The van der Waals surface area contributed by atoms with E-state index < -0.39 is 28.5 Å². The summed E-state index contributed by atoms with van der Waals surface area (Å²) in [5, 5.41) is 3.22. The molecule has 0 radical (unpaired) electrons. The molecule has 0 unspecified atom stereocenters. The highest BCUT2D eigenvalue weighted by molar-refractivity contribution is 7.92. The number of rotatable bonds is 9. The van der Waals surface area contributed by atoms with Gasteiger partial charge in [-0.05, 0) is 36.2 Å². The van der Waals surface area contributed by atoms with Crippen molar-refractivity contribution in [3.63, 3.8) is 0 Å². The van der Waals surface area contributed by atoms with Gasteiger partial charge in [0.05, 0.1) is 22.0 Å². The number of benzene rings is 2. The summed E-state index contributed by atoms with van der Waals surface area (Å²) < 4.78 is 37.4. The molecule has 0 saturated carbocycles. The summed E-state index contributed by atoms with van der Waals surface area (Å²) in [7, 11) is -2.39. The number of amides is 2. The maximum atomic E-state index is 13.6. The Morgan fingerprint density at radius 1 is 1.06 bits per heavy atom. The van der Waals surface area contributed by atoms with Crippen molar-refractivity contribution in [1.29, 1.82) is 0 Å².